The van der Waals surface area contributed by atoms with E-state index >= 15 is 0 Å². The number of carboxylic acid groups (broad SMARTS) is 2. The predicted molar refractivity (Wildman–Crippen MR) is 56.7 cm³/mol. The summed E-state index contributed by atoms with van der Waals surface area (Å²) in [6.07, 6.45) is -1.15. The number of hydrogen-bond acceptors (Lipinski definition) is 7. The lowest BCUT2D eigenvalue weighted by molar-refractivity contribution is -0.144. The molecule has 0 aliphatic carbocycles. The van der Waals surface area contributed by atoms with E-state index in [-0.39, 0.29) is 0 Å². The first kappa shape index (κ1) is 17.1. The molecule has 0 saturated heterocycles. The molecule has 18 heavy (non-hydrogen) atoms. The van der Waals surface area contributed by atoms with E-state index in [9.17, 15) is 14.2 Å². The zero-order valence-electron chi connectivity index (χ0n) is 8.48. The molecule has 0 heterocycles. The maximum Gasteiger partial charge on any atom is 0.469 e. The lowest BCUT2D eigenvalue weighted by atomic mass is 10.2. The number of nitrogens with zero attached hydrogens (tertiary/aromatic N) is 1. The van der Waals surface area contributed by atoms with E-state index < -0.39 is 45.1 Å². The van der Waals surface area contributed by atoms with Gasteiger partial charge in [0.15, 0.2) is 6.04 Å². The van der Waals surface area contributed by atoms with Gasteiger partial charge in [0.25, 0.3) is 0 Å². The number of hydrogen-bond donors (Lipinski definition) is 7. The highest BCUT2D eigenvalue weighted by atomic mass is 31.3. The first-order valence-corrected chi connectivity index (χ1v) is 7.28. The molecule has 0 rings (SSSR count). The molecule has 0 aromatic carbocycles. The van der Waals surface area contributed by atoms with Crippen LogP contribution in [0.5, 0.6) is 0 Å². The van der Waals surface area contributed by atoms with Gasteiger partial charge in [0, 0.05) is 0 Å². The lowest BCUT2D eigenvalue weighted by Gasteiger charge is -2.10. The summed E-state index contributed by atoms with van der Waals surface area (Å²) in [6, 6.07) is -2.17. The van der Waals surface area contributed by atoms with Crippen LogP contribution in [0.1, 0.15) is 6.42 Å². The molecule has 0 amide bonds. The van der Waals surface area contributed by atoms with E-state index in [1.807, 2.05) is 0 Å². The minimum absolute atomic E-state index is 1.15. The van der Waals surface area contributed by atoms with Crippen molar-refractivity contribution in [3.63, 3.8) is 0 Å². The van der Waals surface area contributed by atoms with E-state index in [0.29, 0.717) is 0 Å². The van der Waals surface area contributed by atoms with Gasteiger partial charge in [0.2, 0.25) is 0 Å². The normalized spacial score (nSPS) is 15.3. The van der Waals surface area contributed by atoms with Crippen molar-refractivity contribution >= 4 is 32.7 Å². The number of aliphatic carboxylic acids is 2. The van der Waals surface area contributed by atoms with Crippen LogP contribution in [-0.2, 0) is 14.2 Å². The Kier molecular flexibility index (Phi) is 5.51. The molecule has 0 fully saturated rings. The Morgan fingerprint density at radius 1 is 1.17 bits per heavy atom. The van der Waals surface area contributed by atoms with E-state index in [1.54, 1.807) is 0 Å². The Morgan fingerprint density at radius 2 is 1.61 bits per heavy atom. The summed E-state index contributed by atoms with van der Waals surface area (Å²) in [5.74, 6) is -3.51. The third-order valence-corrected chi connectivity index (χ3v) is 4.33. The van der Waals surface area contributed by atoms with E-state index in [0.717, 1.165) is 0 Å². The first-order valence-electron chi connectivity index (χ1n) is 4.02. The molecular weight excluding hydrogens is 296 g/mol. The van der Waals surface area contributed by atoms with Crippen LogP contribution in [0.25, 0.3) is 0 Å². The zero-order chi connectivity index (χ0) is 14.7. The molecule has 0 bridgehead atoms. The third kappa shape index (κ3) is 5.61. The molecule has 0 saturated carbocycles. The van der Waals surface area contributed by atoms with Crippen molar-refractivity contribution in [1.82, 2.24) is 0 Å². The smallest absolute Gasteiger partial charge is 0.469 e. The summed E-state index contributed by atoms with van der Waals surface area (Å²) in [5.41, 5.74) is 0. The molecule has 7 N–H and O–H groups in total. The molecular formula is C5H10NO10P2+. The molecule has 0 aliphatic heterocycles. The van der Waals surface area contributed by atoms with Crippen LogP contribution in [0.3, 0.4) is 0 Å². The monoisotopic (exact) mass is 306 g/mol. The van der Waals surface area contributed by atoms with Crippen LogP contribution in [0.15, 0.2) is 4.99 Å². The van der Waals surface area contributed by atoms with Crippen molar-refractivity contribution < 1.29 is 48.8 Å². The van der Waals surface area contributed by atoms with Gasteiger partial charge in [-0.1, -0.05) is 0 Å². The highest BCUT2D eigenvalue weighted by Gasteiger charge is 2.52. The van der Waals surface area contributed by atoms with Gasteiger partial charge < -0.3 is 20.0 Å². The molecule has 0 spiro atoms. The van der Waals surface area contributed by atoms with Crippen molar-refractivity contribution in [2.45, 2.75) is 12.5 Å². The van der Waals surface area contributed by atoms with Gasteiger partial charge in [0.05, 0.1) is 6.42 Å². The molecule has 0 aliphatic rings. The number of rotatable bonds is 6. The fourth-order valence-electron chi connectivity index (χ4n) is 0.820. The summed E-state index contributed by atoms with van der Waals surface area (Å²) in [5, 5.41) is 15.0. The van der Waals surface area contributed by atoms with Crippen molar-refractivity contribution in [3.8, 4) is 0 Å². The third-order valence-electron chi connectivity index (χ3n) is 1.45. The van der Waals surface area contributed by atoms with Gasteiger partial charge in [-0.3, -0.25) is 4.79 Å². The summed E-state index contributed by atoms with van der Waals surface area (Å²) in [4.78, 5) is 67.1. The Hall–Kier alpha value is -0.930. The van der Waals surface area contributed by atoms with Crippen LogP contribution in [0, 0.1) is 0 Å². The largest absolute Gasteiger partial charge is 0.481 e. The Bertz CT molecular complexity index is 418. The molecule has 11 nitrogen and oxygen atoms in total. The van der Waals surface area contributed by atoms with Gasteiger partial charge in [-0.25, -0.2) is 14.4 Å². The standard InChI is InChI=1S/C5H9NO10P2/c7-3(8)1-2(4(9)10)6-5(17(11,12)13)18(14,15)16/h2,11-13H,1H2,(H3-,7,8,9,10,14,15,16)/p+1. The minimum Gasteiger partial charge on any atom is -0.481 e. The van der Waals surface area contributed by atoms with E-state index in [1.165, 1.54) is 0 Å². The van der Waals surface area contributed by atoms with Crippen LogP contribution < -0.4 is 0 Å². The van der Waals surface area contributed by atoms with Crippen molar-refractivity contribution in [2.75, 3.05) is 0 Å². The summed E-state index contributed by atoms with van der Waals surface area (Å²) >= 11 is 0. The van der Waals surface area contributed by atoms with Crippen LogP contribution >= 0.6 is 15.5 Å². The van der Waals surface area contributed by atoms with E-state index in [2.05, 4.69) is 4.99 Å². The van der Waals surface area contributed by atoms with Crippen LogP contribution in [-0.4, -0.2) is 57.9 Å². The average molecular weight is 306 g/mol. The Labute approximate surface area is 99.8 Å². The second kappa shape index (κ2) is 5.81. The van der Waals surface area contributed by atoms with Crippen LogP contribution in [0.4, 0.5) is 0 Å². The molecule has 0 radical (unpaired) electrons. The Balaban J connectivity index is 5.58. The molecule has 104 valence electrons. The molecule has 1 unspecified atom stereocenters. The van der Waals surface area contributed by atoms with E-state index in [4.69, 9.17) is 34.7 Å². The molecule has 0 aromatic heterocycles. The summed E-state index contributed by atoms with van der Waals surface area (Å²) < 4.78 is 10.8. The average Bonchev–Trinajstić information content (AvgIpc) is 2.06. The highest BCUT2D eigenvalue weighted by Crippen LogP contribution is 2.60. The zero-order valence-corrected chi connectivity index (χ0v) is 10.3. The van der Waals surface area contributed by atoms with Gasteiger partial charge in [-0.2, -0.15) is 14.7 Å². The van der Waals surface area contributed by atoms with Crippen molar-refractivity contribution in [1.29, 1.82) is 0 Å². The second-order valence-electron chi connectivity index (χ2n) is 2.99. The number of carboxylic acids is 2. The van der Waals surface area contributed by atoms with Crippen LogP contribution in [0.2, 0.25) is 0 Å². The maximum absolute atomic E-state index is 10.8. The minimum atomic E-state index is -5.44. The Morgan fingerprint density at radius 3 is 1.83 bits per heavy atom. The highest BCUT2D eigenvalue weighted by molar-refractivity contribution is 8.00. The molecule has 13 heteroatoms. The fraction of sp³-hybridized carbons (Fsp3) is 0.400. The fourth-order valence-corrected chi connectivity index (χ4v) is 2.80. The lowest BCUT2D eigenvalue weighted by Crippen LogP contribution is -2.24. The quantitative estimate of drug-likeness (QED) is 0.216. The first-order chi connectivity index (χ1) is 7.85. The second-order valence-corrected chi connectivity index (χ2v) is 6.42. The van der Waals surface area contributed by atoms with Crippen molar-refractivity contribution in [3.05, 3.63) is 0 Å². The SMILES string of the molecule is O=C(O)CC(N=C(P(=O)(O)O)[P+](O)(O)O)C(=O)O. The molecule has 1 atom stereocenters. The summed E-state index contributed by atoms with van der Waals surface area (Å²) in [7, 11) is -10.7. The topological polar surface area (TPSA) is 205 Å². The number of carbonyl (C=O) groups is 2. The predicted octanol–water partition coefficient (Wildman–Crippen LogP) is -1.81. The van der Waals surface area contributed by atoms with Crippen molar-refractivity contribution in [2.24, 2.45) is 4.99 Å². The van der Waals surface area contributed by atoms with Gasteiger partial charge >= 0.3 is 32.7 Å². The van der Waals surface area contributed by atoms with Gasteiger partial charge in [0.1, 0.15) is 0 Å². The van der Waals surface area contributed by atoms with Gasteiger partial charge in [-0.05, 0) is 0 Å². The van der Waals surface area contributed by atoms with Gasteiger partial charge in [-0.15, -0.1) is 0 Å². The number of aliphatic imine (C=N–C) groups is 1. The molecule has 0 aromatic rings. The summed E-state index contributed by atoms with van der Waals surface area (Å²) in [6.45, 7) is 0. The maximum atomic E-state index is 10.8.